The van der Waals surface area contributed by atoms with Crippen LogP contribution in [0.3, 0.4) is 0 Å². The Bertz CT molecular complexity index is 570. The monoisotopic (exact) mass is 307 g/mol. The van der Waals surface area contributed by atoms with E-state index in [4.69, 9.17) is 0 Å². The maximum absolute atomic E-state index is 12.3. The first-order valence-corrected chi connectivity index (χ1v) is 7.70. The average molecular weight is 307 g/mol. The summed E-state index contributed by atoms with van der Waals surface area (Å²) >= 11 is 0. The van der Waals surface area contributed by atoms with Crippen LogP contribution in [0.5, 0.6) is 0 Å². The standard InChI is InChI=1S/C16H25N3O3/c1-17(2)12-16(22)8-5-10-19(13-16)15(21)7-11-18-9-4-3-6-14(18)20/h3-4,6,9,22H,5,7-8,10-13H2,1-2H3. The average Bonchev–Trinajstić information content (AvgIpc) is 2.44. The van der Waals surface area contributed by atoms with E-state index in [0.29, 0.717) is 32.6 Å². The van der Waals surface area contributed by atoms with Gasteiger partial charge >= 0.3 is 0 Å². The topological polar surface area (TPSA) is 65.8 Å². The SMILES string of the molecule is CN(C)CC1(O)CCCN(C(=O)CCn2ccccc2=O)C1. The quantitative estimate of drug-likeness (QED) is 0.841. The van der Waals surface area contributed by atoms with E-state index in [-0.39, 0.29) is 17.9 Å². The number of nitrogens with zero attached hydrogens (tertiary/aromatic N) is 3. The molecule has 0 aromatic carbocycles. The number of likely N-dealkylation sites (N-methyl/N-ethyl adjacent to an activating group) is 1. The summed E-state index contributed by atoms with van der Waals surface area (Å²) in [6.07, 6.45) is 3.49. The zero-order valence-electron chi connectivity index (χ0n) is 13.4. The summed E-state index contributed by atoms with van der Waals surface area (Å²) in [4.78, 5) is 27.6. The van der Waals surface area contributed by atoms with Crippen molar-refractivity contribution in [2.24, 2.45) is 0 Å². The van der Waals surface area contributed by atoms with E-state index in [1.807, 2.05) is 19.0 Å². The summed E-state index contributed by atoms with van der Waals surface area (Å²) < 4.78 is 1.54. The van der Waals surface area contributed by atoms with Crippen LogP contribution < -0.4 is 5.56 Å². The second-order valence-corrected chi connectivity index (χ2v) is 6.36. The molecule has 2 heterocycles. The number of amides is 1. The molecule has 1 N–H and O–H groups in total. The molecule has 0 radical (unpaired) electrons. The lowest BCUT2D eigenvalue weighted by atomic mass is 9.92. The fourth-order valence-corrected chi connectivity index (χ4v) is 3.06. The zero-order chi connectivity index (χ0) is 16.2. The van der Waals surface area contributed by atoms with E-state index in [1.165, 1.54) is 10.6 Å². The first-order chi connectivity index (χ1) is 10.4. The number of hydrogen-bond donors (Lipinski definition) is 1. The van der Waals surface area contributed by atoms with Crippen molar-refractivity contribution >= 4 is 5.91 Å². The highest BCUT2D eigenvalue weighted by atomic mass is 16.3. The van der Waals surface area contributed by atoms with Crippen LogP contribution in [0.2, 0.25) is 0 Å². The van der Waals surface area contributed by atoms with E-state index >= 15 is 0 Å². The molecule has 1 aliphatic heterocycles. The van der Waals surface area contributed by atoms with E-state index in [0.717, 1.165) is 6.42 Å². The molecule has 1 aromatic rings. The number of carbonyl (C=O) groups is 1. The van der Waals surface area contributed by atoms with Gasteiger partial charge in [0, 0.05) is 38.3 Å². The molecule has 1 fully saturated rings. The van der Waals surface area contributed by atoms with Crippen LogP contribution in [0.15, 0.2) is 29.2 Å². The molecule has 6 nitrogen and oxygen atoms in total. The predicted molar refractivity (Wildman–Crippen MR) is 84.6 cm³/mol. The van der Waals surface area contributed by atoms with Crippen molar-refractivity contribution in [3.05, 3.63) is 34.7 Å². The van der Waals surface area contributed by atoms with Crippen molar-refractivity contribution in [3.63, 3.8) is 0 Å². The Labute approximate surface area is 131 Å². The number of aromatic nitrogens is 1. The number of hydrogen-bond acceptors (Lipinski definition) is 4. The number of aliphatic hydroxyl groups is 1. The van der Waals surface area contributed by atoms with Gasteiger partial charge in [0.2, 0.25) is 5.91 Å². The molecule has 2 rings (SSSR count). The minimum atomic E-state index is -0.832. The maximum Gasteiger partial charge on any atom is 0.250 e. The second-order valence-electron chi connectivity index (χ2n) is 6.36. The first kappa shape index (κ1) is 16.7. The molecule has 1 amide bonds. The Morgan fingerprint density at radius 3 is 2.86 bits per heavy atom. The van der Waals surface area contributed by atoms with Gasteiger partial charge in [-0.3, -0.25) is 9.59 Å². The Morgan fingerprint density at radius 1 is 1.41 bits per heavy atom. The van der Waals surface area contributed by atoms with Gasteiger partial charge in [-0.15, -0.1) is 0 Å². The third-order valence-electron chi connectivity index (χ3n) is 3.98. The molecule has 1 atom stereocenters. The third kappa shape index (κ3) is 4.42. The molecule has 22 heavy (non-hydrogen) atoms. The van der Waals surface area contributed by atoms with Gasteiger partial charge in [-0.25, -0.2) is 0 Å². The van der Waals surface area contributed by atoms with Gasteiger partial charge in [-0.05, 0) is 33.0 Å². The number of carbonyl (C=O) groups excluding carboxylic acids is 1. The van der Waals surface area contributed by atoms with E-state index in [9.17, 15) is 14.7 Å². The van der Waals surface area contributed by atoms with Gasteiger partial charge in [-0.2, -0.15) is 0 Å². The van der Waals surface area contributed by atoms with Gasteiger partial charge in [0.1, 0.15) is 0 Å². The van der Waals surface area contributed by atoms with E-state index in [1.54, 1.807) is 23.2 Å². The van der Waals surface area contributed by atoms with Crippen molar-refractivity contribution in [2.75, 3.05) is 33.7 Å². The Balaban J connectivity index is 1.92. The number of aryl methyl sites for hydroxylation is 1. The van der Waals surface area contributed by atoms with Crippen LogP contribution in [-0.4, -0.2) is 64.7 Å². The molecule has 1 unspecified atom stereocenters. The molecule has 1 aromatic heterocycles. The van der Waals surface area contributed by atoms with Gasteiger partial charge in [0.25, 0.3) is 5.56 Å². The number of rotatable bonds is 5. The summed E-state index contributed by atoms with van der Waals surface area (Å²) in [7, 11) is 3.83. The normalized spacial score (nSPS) is 22.1. The van der Waals surface area contributed by atoms with Crippen LogP contribution in [0.25, 0.3) is 0 Å². The smallest absolute Gasteiger partial charge is 0.250 e. The fourth-order valence-electron chi connectivity index (χ4n) is 3.06. The summed E-state index contributed by atoms with van der Waals surface area (Å²) in [6.45, 7) is 1.97. The number of β-amino-alcohol motifs (C(OH)–C–C–N with tert-alkyl or cyclic N) is 1. The molecule has 6 heteroatoms. The largest absolute Gasteiger partial charge is 0.387 e. The molecule has 0 bridgehead atoms. The first-order valence-electron chi connectivity index (χ1n) is 7.70. The van der Waals surface area contributed by atoms with Crippen molar-refractivity contribution in [1.29, 1.82) is 0 Å². The van der Waals surface area contributed by atoms with Crippen molar-refractivity contribution < 1.29 is 9.90 Å². The molecule has 1 aliphatic rings. The minimum Gasteiger partial charge on any atom is -0.387 e. The third-order valence-corrected chi connectivity index (χ3v) is 3.98. The van der Waals surface area contributed by atoms with Crippen LogP contribution in [0.4, 0.5) is 0 Å². The van der Waals surface area contributed by atoms with E-state index < -0.39 is 5.60 Å². The van der Waals surface area contributed by atoms with Crippen LogP contribution in [-0.2, 0) is 11.3 Å². The van der Waals surface area contributed by atoms with Crippen molar-refractivity contribution in [2.45, 2.75) is 31.4 Å². The lowest BCUT2D eigenvalue weighted by Crippen LogP contribution is -2.54. The van der Waals surface area contributed by atoms with Crippen molar-refractivity contribution in [1.82, 2.24) is 14.4 Å². The van der Waals surface area contributed by atoms with Gasteiger partial charge in [-0.1, -0.05) is 6.07 Å². The minimum absolute atomic E-state index is 0.00682. The van der Waals surface area contributed by atoms with Gasteiger partial charge in [0.15, 0.2) is 0 Å². The van der Waals surface area contributed by atoms with E-state index in [2.05, 4.69) is 0 Å². The zero-order valence-corrected chi connectivity index (χ0v) is 13.4. The van der Waals surface area contributed by atoms with Gasteiger partial charge < -0.3 is 19.5 Å². The summed E-state index contributed by atoms with van der Waals surface area (Å²) in [5.41, 5.74) is -0.931. The molecular formula is C16H25N3O3. The summed E-state index contributed by atoms with van der Waals surface area (Å²) in [6, 6.07) is 4.95. The Kier molecular flexibility index (Phi) is 5.37. The highest BCUT2D eigenvalue weighted by Crippen LogP contribution is 2.22. The number of pyridine rings is 1. The number of likely N-dealkylation sites (tertiary alicyclic amines) is 1. The summed E-state index contributed by atoms with van der Waals surface area (Å²) in [5.74, 6) is -0.00682. The maximum atomic E-state index is 12.3. The van der Waals surface area contributed by atoms with Crippen LogP contribution >= 0.6 is 0 Å². The van der Waals surface area contributed by atoms with Crippen LogP contribution in [0.1, 0.15) is 19.3 Å². The highest BCUT2D eigenvalue weighted by Gasteiger charge is 2.35. The molecule has 0 aliphatic carbocycles. The molecule has 0 saturated carbocycles. The molecule has 1 saturated heterocycles. The van der Waals surface area contributed by atoms with Gasteiger partial charge in [0.05, 0.1) is 12.1 Å². The summed E-state index contributed by atoms with van der Waals surface area (Å²) in [5, 5.41) is 10.6. The lowest BCUT2D eigenvalue weighted by molar-refractivity contribution is -0.139. The molecule has 122 valence electrons. The Morgan fingerprint density at radius 2 is 2.18 bits per heavy atom. The Hall–Kier alpha value is -1.66. The highest BCUT2D eigenvalue weighted by molar-refractivity contribution is 5.76. The predicted octanol–water partition coefficient (Wildman–Crippen LogP) is 0.153. The lowest BCUT2D eigenvalue weighted by Gasteiger charge is -2.40. The molecule has 0 spiro atoms. The second kappa shape index (κ2) is 7.07. The fraction of sp³-hybridized carbons (Fsp3) is 0.625. The number of piperidine rings is 1. The van der Waals surface area contributed by atoms with Crippen LogP contribution in [0, 0.1) is 0 Å². The molecular weight excluding hydrogens is 282 g/mol. The van der Waals surface area contributed by atoms with Crippen molar-refractivity contribution in [3.8, 4) is 0 Å².